The van der Waals surface area contributed by atoms with Gasteiger partial charge in [0.25, 0.3) is 5.56 Å². The molecule has 1 atom stereocenters. The van der Waals surface area contributed by atoms with E-state index in [0.717, 1.165) is 16.5 Å². The number of fused-ring (bicyclic) bond motifs is 1. The zero-order valence-electron chi connectivity index (χ0n) is 14.9. The summed E-state index contributed by atoms with van der Waals surface area (Å²) < 4.78 is 26.6. The number of nitrogens with one attached hydrogen (secondary N) is 2. The van der Waals surface area contributed by atoms with E-state index in [1.807, 2.05) is 13.8 Å². The molecule has 27 heavy (non-hydrogen) atoms. The lowest BCUT2D eigenvalue weighted by Crippen LogP contribution is -2.23. The van der Waals surface area contributed by atoms with Gasteiger partial charge in [-0.2, -0.15) is 0 Å². The minimum atomic E-state index is -0.833. The van der Waals surface area contributed by atoms with Gasteiger partial charge < -0.3 is 10.3 Å². The van der Waals surface area contributed by atoms with Gasteiger partial charge in [0, 0.05) is 10.9 Å². The van der Waals surface area contributed by atoms with Crippen LogP contribution in [0.15, 0.2) is 23.0 Å². The molecule has 0 saturated carbocycles. The molecule has 3 rings (SSSR count). The van der Waals surface area contributed by atoms with E-state index in [2.05, 4.69) is 15.3 Å². The third kappa shape index (κ3) is 4.19. The molecule has 2 N–H and O–H groups in total. The first-order chi connectivity index (χ1) is 12.8. The lowest BCUT2D eigenvalue weighted by Gasteiger charge is -2.12. The van der Waals surface area contributed by atoms with Gasteiger partial charge in [-0.3, -0.25) is 9.59 Å². The Morgan fingerprint density at radius 1 is 1.37 bits per heavy atom. The van der Waals surface area contributed by atoms with E-state index in [1.54, 1.807) is 6.92 Å². The van der Waals surface area contributed by atoms with Crippen LogP contribution in [-0.4, -0.2) is 21.1 Å². The fraction of sp³-hybridized carbons (Fsp3) is 0.278. The quantitative estimate of drug-likeness (QED) is 0.664. The zero-order chi connectivity index (χ0) is 19.7. The molecule has 0 bridgehead atoms. The molecule has 0 aliphatic rings. The molecule has 142 valence electrons. The predicted octanol–water partition coefficient (Wildman–Crippen LogP) is 4.14. The summed E-state index contributed by atoms with van der Waals surface area (Å²) >= 11 is 2.72. The minimum Gasteiger partial charge on any atom is -0.323 e. The van der Waals surface area contributed by atoms with Crippen LogP contribution in [-0.2, 0) is 10.5 Å². The lowest BCUT2D eigenvalue weighted by atomic mass is 10.2. The predicted molar refractivity (Wildman–Crippen MR) is 105 cm³/mol. The van der Waals surface area contributed by atoms with Crippen LogP contribution in [0.1, 0.15) is 23.2 Å². The molecule has 0 aliphatic carbocycles. The molecule has 1 aromatic carbocycles. The first-order valence-electron chi connectivity index (χ1n) is 8.12. The minimum absolute atomic E-state index is 0.0775. The highest BCUT2D eigenvalue weighted by molar-refractivity contribution is 7.99. The Morgan fingerprint density at radius 2 is 2.11 bits per heavy atom. The molecular weight excluding hydrogens is 392 g/mol. The van der Waals surface area contributed by atoms with Gasteiger partial charge >= 0.3 is 0 Å². The maximum absolute atomic E-state index is 13.6. The molecule has 0 spiro atoms. The van der Waals surface area contributed by atoms with Crippen molar-refractivity contribution in [3.05, 3.63) is 56.5 Å². The first kappa shape index (κ1) is 19.5. The van der Waals surface area contributed by atoms with Crippen molar-refractivity contribution in [2.45, 2.75) is 31.8 Å². The van der Waals surface area contributed by atoms with Crippen LogP contribution in [0.2, 0.25) is 0 Å². The number of aryl methyl sites for hydroxylation is 2. The van der Waals surface area contributed by atoms with E-state index in [0.29, 0.717) is 27.9 Å². The Hall–Kier alpha value is -2.26. The zero-order valence-corrected chi connectivity index (χ0v) is 16.5. The highest BCUT2D eigenvalue weighted by Crippen LogP contribution is 2.26. The second-order valence-corrected chi connectivity index (χ2v) is 8.57. The highest BCUT2D eigenvalue weighted by atomic mass is 32.2. The van der Waals surface area contributed by atoms with Crippen LogP contribution in [0.5, 0.6) is 0 Å². The maximum Gasteiger partial charge on any atom is 0.259 e. The van der Waals surface area contributed by atoms with Gasteiger partial charge in [0.05, 0.1) is 22.1 Å². The second-order valence-electron chi connectivity index (χ2n) is 6.04. The van der Waals surface area contributed by atoms with Gasteiger partial charge in [-0.05, 0) is 38.5 Å². The molecule has 9 heteroatoms. The molecule has 0 radical (unpaired) electrons. The van der Waals surface area contributed by atoms with Crippen LogP contribution < -0.4 is 10.9 Å². The third-order valence-corrected chi connectivity index (χ3v) is 6.37. The van der Waals surface area contributed by atoms with Crippen LogP contribution in [0.25, 0.3) is 10.2 Å². The third-order valence-electron chi connectivity index (χ3n) is 4.12. The fourth-order valence-electron chi connectivity index (χ4n) is 2.47. The number of carbonyl (C=O) groups excluding carboxylic acids is 1. The average molecular weight is 409 g/mol. The van der Waals surface area contributed by atoms with Crippen molar-refractivity contribution in [2.75, 3.05) is 5.32 Å². The summed E-state index contributed by atoms with van der Waals surface area (Å²) in [4.78, 5) is 33.4. The number of halogens is 2. The van der Waals surface area contributed by atoms with Crippen molar-refractivity contribution in [3.63, 3.8) is 0 Å². The lowest BCUT2D eigenvalue weighted by molar-refractivity contribution is -0.115. The number of hydrogen-bond acceptors (Lipinski definition) is 5. The molecular formula is C18H17F2N3O2S2. The van der Waals surface area contributed by atoms with Gasteiger partial charge in [-0.25, -0.2) is 13.8 Å². The van der Waals surface area contributed by atoms with Crippen molar-refractivity contribution in [3.8, 4) is 0 Å². The number of benzene rings is 1. The fourth-order valence-corrected chi connectivity index (χ4v) is 4.28. The molecule has 5 nitrogen and oxygen atoms in total. The van der Waals surface area contributed by atoms with Gasteiger partial charge in [-0.15, -0.1) is 23.1 Å². The number of aromatic amines is 1. The number of amides is 1. The second kappa shape index (κ2) is 7.77. The molecule has 0 saturated heterocycles. The molecule has 2 aromatic heterocycles. The van der Waals surface area contributed by atoms with Crippen LogP contribution >= 0.6 is 23.1 Å². The number of anilines is 1. The largest absolute Gasteiger partial charge is 0.323 e. The van der Waals surface area contributed by atoms with Gasteiger partial charge in [-0.1, -0.05) is 0 Å². The van der Waals surface area contributed by atoms with Crippen LogP contribution in [0.3, 0.4) is 0 Å². The number of thioether (sulfide) groups is 1. The molecule has 0 aliphatic heterocycles. The summed E-state index contributed by atoms with van der Waals surface area (Å²) in [5.74, 6) is -1.16. The smallest absolute Gasteiger partial charge is 0.259 e. The Kier molecular flexibility index (Phi) is 5.61. The van der Waals surface area contributed by atoms with Crippen molar-refractivity contribution < 1.29 is 13.6 Å². The standard InChI is InChI=1S/C18H17F2N3O2S2/c1-8-9(2)27-18-15(8)17(25)22-14(23-18)7-26-10(3)16(24)21-13-5-4-11(19)6-12(13)20/h4-6,10H,7H2,1-3H3,(H,21,24)(H,22,23,25). The van der Waals surface area contributed by atoms with Crippen LogP contribution in [0.4, 0.5) is 14.5 Å². The number of nitrogens with zero attached hydrogens (tertiary/aromatic N) is 1. The SMILES string of the molecule is Cc1sc2nc(CSC(C)C(=O)Nc3ccc(F)cc3F)[nH]c(=O)c2c1C. The van der Waals surface area contributed by atoms with Crippen molar-refractivity contribution in [1.82, 2.24) is 9.97 Å². The number of rotatable bonds is 5. The summed E-state index contributed by atoms with van der Waals surface area (Å²) in [5, 5.41) is 2.51. The number of aromatic nitrogens is 2. The van der Waals surface area contributed by atoms with E-state index in [4.69, 9.17) is 0 Å². The topological polar surface area (TPSA) is 74.8 Å². The average Bonchev–Trinajstić information content (AvgIpc) is 2.89. The van der Waals surface area contributed by atoms with Crippen LogP contribution in [0, 0.1) is 25.5 Å². The van der Waals surface area contributed by atoms with E-state index >= 15 is 0 Å². The van der Waals surface area contributed by atoms with E-state index < -0.39 is 22.8 Å². The summed E-state index contributed by atoms with van der Waals surface area (Å²) in [7, 11) is 0. The van der Waals surface area contributed by atoms with Crippen molar-refractivity contribution >= 4 is 44.9 Å². The number of H-pyrrole nitrogens is 1. The highest BCUT2D eigenvalue weighted by Gasteiger charge is 2.17. The Labute approximate surface area is 162 Å². The number of thiophene rings is 1. The van der Waals surface area contributed by atoms with Crippen molar-refractivity contribution in [1.29, 1.82) is 0 Å². The summed E-state index contributed by atoms with van der Waals surface area (Å²) in [6.07, 6.45) is 0. The summed E-state index contributed by atoms with van der Waals surface area (Å²) in [6.45, 7) is 5.49. The van der Waals surface area contributed by atoms with Gasteiger partial charge in [0.15, 0.2) is 0 Å². The Bertz CT molecular complexity index is 1080. The van der Waals surface area contributed by atoms with Crippen molar-refractivity contribution in [2.24, 2.45) is 0 Å². The monoisotopic (exact) mass is 409 g/mol. The maximum atomic E-state index is 13.6. The van der Waals surface area contributed by atoms with E-state index in [1.165, 1.54) is 29.2 Å². The van der Waals surface area contributed by atoms with Gasteiger partial charge in [0.2, 0.25) is 5.91 Å². The number of carbonyl (C=O) groups is 1. The van der Waals surface area contributed by atoms with E-state index in [9.17, 15) is 18.4 Å². The normalized spacial score (nSPS) is 12.3. The molecule has 2 heterocycles. The molecule has 3 aromatic rings. The molecule has 1 unspecified atom stereocenters. The van der Waals surface area contributed by atoms with Gasteiger partial charge in [0.1, 0.15) is 22.3 Å². The first-order valence-corrected chi connectivity index (χ1v) is 9.99. The van der Waals surface area contributed by atoms with E-state index in [-0.39, 0.29) is 11.2 Å². The summed E-state index contributed by atoms with van der Waals surface area (Å²) in [5.41, 5.74) is 0.659. The number of hydrogen-bond donors (Lipinski definition) is 2. The summed E-state index contributed by atoms with van der Waals surface area (Å²) in [6, 6.07) is 2.96. The molecule has 0 fully saturated rings. The Balaban J connectivity index is 1.68. The Morgan fingerprint density at radius 3 is 2.81 bits per heavy atom. The molecule has 1 amide bonds.